The molecule has 0 saturated heterocycles. The van der Waals surface area contributed by atoms with Gasteiger partial charge in [0.25, 0.3) is 5.69 Å². The SMILES string of the molecule is C=CCOC12Oc3ccc(O)cc3C3C(CCCCO)C(CCCCO)C=C(C(=NOCc4ccccc4)CC1N(CCOCCO)C(=O)C=Cc1ccc([N+](=O)[O-])cc1)C32. The third-order valence-corrected chi connectivity index (χ3v) is 11.8. The van der Waals surface area contributed by atoms with Crippen LogP contribution < -0.4 is 4.74 Å². The zero-order valence-electron chi connectivity index (χ0n) is 34.4. The summed E-state index contributed by atoms with van der Waals surface area (Å²) in [5.74, 6) is -2.29. The van der Waals surface area contributed by atoms with Crippen LogP contribution in [0.25, 0.3) is 6.08 Å². The Kier molecular flexibility index (Phi) is 16.2. The zero-order valence-corrected chi connectivity index (χ0v) is 34.4. The van der Waals surface area contributed by atoms with E-state index in [4.69, 9.17) is 24.2 Å². The highest BCUT2D eigenvalue weighted by Gasteiger charge is 2.65. The molecule has 1 heterocycles. The van der Waals surface area contributed by atoms with Crippen LogP contribution in [-0.4, -0.2) is 99.9 Å². The number of carbonyl (C=O) groups excluding carboxylic acids is 1. The summed E-state index contributed by atoms with van der Waals surface area (Å²) in [6, 6.07) is 19.7. The van der Waals surface area contributed by atoms with Crippen molar-refractivity contribution in [3.05, 3.63) is 130 Å². The van der Waals surface area contributed by atoms with E-state index in [1.54, 1.807) is 47.4 Å². The van der Waals surface area contributed by atoms with Crippen molar-refractivity contribution in [2.75, 3.05) is 46.2 Å². The van der Waals surface area contributed by atoms with Crippen molar-refractivity contribution >= 4 is 23.4 Å². The molecule has 1 aliphatic heterocycles. The average molecular weight is 840 g/mol. The maximum Gasteiger partial charge on any atom is 0.269 e. The second-order valence-electron chi connectivity index (χ2n) is 15.6. The fraction of sp³-hybridized carbons (Fsp3) is 0.447. The molecule has 3 aromatic rings. The van der Waals surface area contributed by atoms with E-state index in [0.717, 1.165) is 42.4 Å². The van der Waals surface area contributed by atoms with Crippen LogP contribution in [0.3, 0.4) is 0 Å². The molecule has 3 aromatic carbocycles. The van der Waals surface area contributed by atoms with E-state index in [1.165, 1.54) is 18.2 Å². The number of phenolic OH excluding ortho intramolecular Hbond substituents is 1. The summed E-state index contributed by atoms with van der Waals surface area (Å²) < 4.78 is 19.9. The molecule has 1 fully saturated rings. The molecule has 0 spiro atoms. The number of nitro benzene ring substituents is 1. The van der Waals surface area contributed by atoms with E-state index < -0.39 is 28.6 Å². The first-order valence-corrected chi connectivity index (χ1v) is 21.1. The normalized spacial score (nSPS) is 23.4. The van der Waals surface area contributed by atoms with E-state index in [2.05, 4.69) is 12.7 Å². The van der Waals surface area contributed by atoms with Crippen LogP contribution in [0.4, 0.5) is 5.69 Å². The van der Waals surface area contributed by atoms with Crippen LogP contribution in [-0.2, 0) is 25.7 Å². The Morgan fingerprint density at radius 2 is 1.74 bits per heavy atom. The molecular formula is C47H57N3O11. The van der Waals surface area contributed by atoms with Crippen LogP contribution >= 0.6 is 0 Å². The predicted molar refractivity (Wildman–Crippen MR) is 230 cm³/mol. The number of allylic oxidation sites excluding steroid dienone is 1. The van der Waals surface area contributed by atoms with Crippen molar-refractivity contribution in [1.29, 1.82) is 0 Å². The van der Waals surface area contributed by atoms with Gasteiger partial charge in [-0.2, -0.15) is 0 Å². The van der Waals surface area contributed by atoms with Gasteiger partial charge in [-0.3, -0.25) is 14.9 Å². The van der Waals surface area contributed by atoms with Gasteiger partial charge in [0.05, 0.1) is 43.0 Å². The third-order valence-electron chi connectivity index (χ3n) is 11.8. The highest BCUT2D eigenvalue weighted by atomic mass is 16.7. The highest BCUT2D eigenvalue weighted by Crippen LogP contribution is 2.62. The number of aliphatic hydroxyl groups excluding tert-OH is 3. The highest BCUT2D eigenvalue weighted by molar-refractivity contribution is 6.03. The number of nitrogens with zero attached hydrogens (tertiary/aromatic N) is 3. The van der Waals surface area contributed by atoms with Gasteiger partial charge in [0.1, 0.15) is 24.1 Å². The molecule has 0 bridgehead atoms. The van der Waals surface area contributed by atoms with Gasteiger partial charge in [-0.1, -0.05) is 60.5 Å². The molecule has 1 amide bonds. The number of aliphatic hydroxyl groups is 3. The van der Waals surface area contributed by atoms with Gasteiger partial charge in [0.15, 0.2) is 0 Å². The van der Waals surface area contributed by atoms with E-state index >= 15 is 0 Å². The molecule has 6 unspecified atom stereocenters. The minimum absolute atomic E-state index is 0.0111. The number of amides is 1. The number of hydrogen-bond donors (Lipinski definition) is 4. The topological polar surface area (TPSA) is 194 Å². The summed E-state index contributed by atoms with van der Waals surface area (Å²) >= 11 is 0. The van der Waals surface area contributed by atoms with Crippen molar-refractivity contribution in [2.45, 2.75) is 69.3 Å². The Morgan fingerprint density at radius 3 is 2.44 bits per heavy atom. The van der Waals surface area contributed by atoms with Crippen LogP contribution in [0.5, 0.6) is 11.5 Å². The smallest absolute Gasteiger partial charge is 0.269 e. The fourth-order valence-corrected chi connectivity index (χ4v) is 9.14. The summed E-state index contributed by atoms with van der Waals surface area (Å²) in [7, 11) is 0. The van der Waals surface area contributed by atoms with Crippen LogP contribution in [0.2, 0.25) is 0 Å². The summed E-state index contributed by atoms with van der Waals surface area (Å²) in [6.45, 7) is 4.33. The van der Waals surface area contributed by atoms with Gasteiger partial charge in [-0.05, 0) is 90.6 Å². The number of rotatable bonds is 23. The van der Waals surface area contributed by atoms with E-state index in [1.807, 2.05) is 30.3 Å². The van der Waals surface area contributed by atoms with E-state index in [0.29, 0.717) is 29.9 Å². The lowest BCUT2D eigenvalue weighted by Gasteiger charge is -2.60. The number of nitro groups is 1. The Bertz CT molecular complexity index is 2020. The molecule has 6 atom stereocenters. The molecule has 3 aliphatic rings. The number of benzene rings is 3. The van der Waals surface area contributed by atoms with Crippen LogP contribution in [0.15, 0.2) is 108 Å². The zero-order chi connectivity index (χ0) is 43.2. The third kappa shape index (κ3) is 10.7. The molecule has 326 valence electrons. The summed E-state index contributed by atoms with van der Waals surface area (Å²) in [5.41, 5.74) is 3.67. The number of unbranched alkanes of at least 4 members (excludes halogenated alkanes) is 2. The number of fused-ring (bicyclic) bond motifs is 2. The first kappa shape index (κ1) is 45.2. The summed E-state index contributed by atoms with van der Waals surface area (Å²) in [5, 5.41) is 56.4. The lowest BCUT2D eigenvalue weighted by Crippen LogP contribution is -2.70. The number of carbonyl (C=O) groups is 1. The number of oxime groups is 1. The van der Waals surface area contributed by atoms with Crippen molar-refractivity contribution in [2.24, 2.45) is 22.9 Å². The maximum atomic E-state index is 14.8. The van der Waals surface area contributed by atoms with Gasteiger partial charge in [-0.15, -0.1) is 6.58 Å². The molecule has 14 nitrogen and oxygen atoms in total. The molecule has 2 aliphatic carbocycles. The first-order chi connectivity index (χ1) is 29.7. The molecule has 4 N–H and O–H groups in total. The Labute approximate surface area is 356 Å². The number of aromatic hydroxyl groups is 1. The molecule has 14 heteroatoms. The molecule has 61 heavy (non-hydrogen) atoms. The van der Waals surface area contributed by atoms with E-state index in [-0.39, 0.29) is 88.4 Å². The molecule has 6 rings (SSSR count). The van der Waals surface area contributed by atoms with Crippen LogP contribution in [0.1, 0.15) is 67.6 Å². The summed E-state index contributed by atoms with van der Waals surface area (Å²) in [4.78, 5) is 33.4. The molecule has 0 aromatic heterocycles. The van der Waals surface area contributed by atoms with Gasteiger partial charge in [0.2, 0.25) is 11.7 Å². The standard InChI is InChI=1S/C47H57N3O11/c1-2-26-59-47-43(49(22-27-58-28-25-53)44(55)21-16-33-14-17-36(18-15-33)50(56)57)31-41(48-60-32-34-10-4-3-5-11-34)39-29-35(12-6-8-23-51)38(13-7-9-24-52)45(46(39)47)40-30-37(54)19-20-42(40)61-47/h2-5,10-11,14-21,29-30,35,38,43,45-46,51-54H,1,6-9,12-13,22-28,31-32H2. The molecule has 0 radical (unpaired) electrons. The van der Waals surface area contributed by atoms with Crippen molar-refractivity contribution in [3.8, 4) is 11.5 Å². The molecule has 1 saturated carbocycles. The quantitative estimate of drug-likeness (QED) is 0.0262. The largest absolute Gasteiger partial charge is 0.508 e. The second-order valence-corrected chi connectivity index (χ2v) is 15.6. The van der Waals surface area contributed by atoms with Crippen molar-refractivity contribution < 1.29 is 49.2 Å². The Hall–Kier alpha value is -5.38. The number of hydrogen-bond acceptors (Lipinski definition) is 12. The minimum Gasteiger partial charge on any atom is -0.508 e. The average Bonchev–Trinajstić information content (AvgIpc) is 3.27. The minimum atomic E-state index is -1.54. The molecular weight excluding hydrogens is 783 g/mol. The lowest BCUT2D eigenvalue weighted by molar-refractivity contribution is -0.384. The number of non-ortho nitro benzene ring substituents is 1. The number of ether oxygens (including phenoxy) is 3. The lowest BCUT2D eigenvalue weighted by atomic mass is 9.55. The van der Waals surface area contributed by atoms with Crippen molar-refractivity contribution in [1.82, 2.24) is 4.90 Å². The van der Waals surface area contributed by atoms with Gasteiger partial charge in [0, 0.05) is 55.9 Å². The Morgan fingerprint density at radius 1 is 0.984 bits per heavy atom. The van der Waals surface area contributed by atoms with Gasteiger partial charge in [-0.25, -0.2) is 0 Å². The van der Waals surface area contributed by atoms with Crippen molar-refractivity contribution in [3.63, 3.8) is 0 Å². The maximum absolute atomic E-state index is 14.8. The number of phenols is 1. The first-order valence-electron chi connectivity index (χ1n) is 21.1. The van der Waals surface area contributed by atoms with Crippen LogP contribution in [0, 0.1) is 27.9 Å². The summed E-state index contributed by atoms with van der Waals surface area (Å²) in [6.07, 6.45) is 11.3. The monoisotopic (exact) mass is 839 g/mol. The van der Waals surface area contributed by atoms with Gasteiger partial charge < -0.3 is 44.4 Å². The fourth-order valence-electron chi connectivity index (χ4n) is 9.14. The second kappa shape index (κ2) is 21.9. The van der Waals surface area contributed by atoms with Gasteiger partial charge >= 0.3 is 0 Å². The van der Waals surface area contributed by atoms with E-state index in [9.17, 15) is 35.3 Å². The Balaban J connectivity index is 1.54. The predicted octanol–water partition coefficient (Wildman–Crippen LogP) is 6.69.